The molecule has 1 unspecified atom stereocenters. The van der Waals surface area contributed by atoms with Crippen LogP contribution in [0.4, 0.5) is 0 Å². The summed E-state index contributed by atoms with van der Waals surface area (Å²) < 4.78 is 8.26. The fraction of sp³-hybridized carbons (Fsp3) is 0.371. The maximum absolute atomic E-state index is 12.7. The number of ether oxygens (including phenoxy) is 1. The Morgan fingerprint density at radius 2 is 1.95 bits per heavy atom. The normalized spacial score (nSPS) is 16.6. The number of hydrogen-bond acceptors (Lipinski definition) is 6. The average molecular weight is 578 g/mol. The third-order valence-corrected chi connectivity index (χ3v) is 9.21. The SMILES string of the molecule is CC[C@@H]1CN(Cc2cc(C(c3ccc4c(nnn4C)c3C)C(C)(C)C(=O)O)ccc2C)Cc2c(ccc3ncccc23)O1. The van der Waals surface area contributed by atoms with Crippen LogP contribution in [0.1, 0.15) is 66.5 Å². The third-order valence-electron chi connectivity index (χ3n) is 9.21. The van der Waals surface area contributed by atoms with Gasteiger partial charge in [-0.05, 0) is 86.2 Å². The van der Waals surface area contributed by atoms with Gasteiger partial charge in [-0.15, -0.1) is 5.10 Å². The molecule has 222 valence electrons. The molecule has 43 heavy (non-hydrogen) atoms. The molecule has 0 aliphatic carbocycles. The van der Waals surface area contributed by atoms with Crippen LogP contribution in [0.5, 0.6) is 5.75 Å². The van der Waals surface area contributed by atoms with Crippen molar-refractivity contribution in [3.8, 4) is 5.75 Å². The predicted octanol–water partition coefficient (Wildman–Crippen LogP) is 6.55. The fourth-order valence-corrected chi connectivity index (χ4v) is 6.55. The summed E-state index contributed by atoms with van der Waals surface area (Å²) in [5.41, 5.74) is 8.03. The van der Waals surface area contributed by atoms with Gasteiger partial charge in [0.05, 0.1) is 16.4 Å². The van der Waals surface area contributed by atoms with Crippen LogP contribution < -0.4 is 4.74 Å². The molecule has 0 spiro atoms. The molecule has 1 N–H and O–H groups in total. The molecule has 0 saturated carbocycles. The van der Waals surface area contributed by atoms with Gasteiger partial charge in [-0.1, -0.05) is 42.5 Å². The van der Waals surface area contributed by atoms with Gasteiger partial charge >= 0.3 is 5.97 Å². The molecule has 0 radical (unpaired) electrons. The molecule has 8 heteroatoms. The summed E-state index contributed by atoms with van der Waals surface area (Å²) in [6.45, 7) is 12.2. The van der Waals surface area contributed by atoms with Crippen LogP contribution in [0.25, 0.3) is 21.9 Å². The zero-order chi connectivity index (χ0) is 30.5. The van der Waals surface area contributed by atoms with E-state index in [-0.39, 0.29) is 12.0 Å². The highest BCUT2D eigenvalue weighted by molar-refractivity contribution is 5.84. The van der Waals surface area contributed by atoms with Crippen molar-refractivity contribution in [1.82, 2.24) is 24.9 Å². The van der Waals surface area contributed by atoms with Crippen LogP contribution in [0, 0.1) is 19.3 Å². The smallest absolute Gasteiger partial charge is 0.310 e. The molecule has 1 aliphatic rings. The Kier molecular flexibility index (Phi) is 7.42. The first kappa shape index (κ1) is 28.8. The summed E-state index contributed by atoms with van der Waals surface area (Å²) in [6.07, 6.45) is 2.80. The summed E-state index contributed by atoms with van der Waals surface area (Å²) in [7, 11) is 1.87. The molecule has 0 fully saturated rings. The van der Waals surface area contributed by atoms with Gasteiger partial charge in [0.2, 0.25) is 0 Å². The second-order valence-corrected chi connectivity index (χ2v) is 12.4. The molecule has 1 aliphatic heterocycles. The van der Waals surface area contributed by atoms with Crippen LogP contribution in [0.3, 0.4) is 0 Å². The van der Waals surface area contributed by atoms with Crippen molar-refractivity contribution in [2.45, 2.75) is 66.2 Å². The molecule has 8 nitrogen and oxygen atoms in total. The monoisotopic (exact) mass is 577 g/mol. The minimum absolute atomic E-state index is 0.0684. The fourth-order valence-electron chi connectivity index (χ4n) is 6.55. The number of hydrogen-bond donors (Lipinski definition) is 1. The molecule has 0 amide bonds. The molecular weight excluding hydrogens is 538 g/mol. The van der Waals surface area contributed by atoms with Crippen molar-refractivity contribution >= 4 is 27.9 Å². The number of carbonyl (C=O) groups is 1. The Labute approximate surface area is 252 Å². The lowest BCUT2D eigenvalue weighted by Crippen LogP contribution is -2.33. The van der Waals surface area contributed by atoms with Gasteiger partial charge in [0.15, 0.2) is 0 Å². The summed E-state index contributed by atoms with van der Waals surface area (Å²) >= 11 is 0. The van der Waals surface area contributed by atoms with E-state index in [4.69, 9.17) is 4.74 Å². The van der Waals surface area contributed by atoms with Crippen LogP contribution in [0.2, 0.25) is 0 Å². The van der Waals surface area contributed by atoms with Gasteiger partial charge in [-0.25, -0.2) is 4.68 Å². The van der Waals surface area contributed by atoms with Crippen molar-refractivity contribution in [3.63, 3.8) is 0 Å². The van der Waals surface area contributed by atoms with Crippen molar-refractivity contribution in [2.75, 3.05) is 6.54 Å². The lowest BCUT2D eigenvalue weighted by molar-refractivity contribution is -0.147. The lowest BCUT2D eigenvalue weighted by atomic mass is 9.69. The highest BCUT2D eigenvalue weighted by atomic mass is 16.5. The zero-order valence-corrected chi connectivity index (χ0v) is 25.8. The first-order chi connectivity index (χ1) is 20.6. The van der Waals surface area contributed by atoms with Gasteiger partial charge in [0.25, 0.3) is 0 Å². The Bertz CT molecular complexity index is 1840. The zero-order valence-electron chi connectivity index (χ0n) is 25.8. The molecule has 3 heterocycles. The standard InChI is InChI=1S/C35H39N5O3/c1-7-25-19-40(20-28-27-9-8-16-36-29(27)13-15-31(28)43-25)18-24-17-23(11-10-21(24)2)32(35(4,5)34(41)42)26-12-14-30-33(22(26)3)37-38-39(30)6/h8-17,25,32H,7,18-20H2,1-6H3,(H,41,42)/t25-,32?/m1/s1. The predicted molar refractivity (Wildman–Crippen MR) is 168 cm³/mol. The van der Waals surface area contributed by atoms with Crippen molar-refractivity contribution < 1.29 is 14.6 Å². The largest absolute Gasteiger partial charge is 0.489 e. The minimum atomic E-state index is -1.07. The number of aliphatic carboxylic acids is 1. The molecule has 6 rings (SSSR count). The number of nitrogens with zero attached hydrogens (tertiary/aromatic N) is 5. The molecular formula is C35H39N5O3. The van der Waals surface area contributed by atoms with Crippen LogP contribution in [-0.4, -0.2) is 48.6 Å². The first-order valence-electron chi connectivity index (χ1n) is 15.0. The van der Waals surface area contributed by atoms with Crippen molar-refractivity contribution in [3.05, 3.63) is 94.2 Å². The van der Waals surface area contributed by atoms with E-state index < -0.39 is 11.4 Å². The number of pyridine rings is 1. The van der Waals surface area contributed by atoms with Crippen LogP contribution >= 0.6 is 0 Å². The molecule has 2 atom stereocenters. The molecule has 2 aromatic heterocycles. The number of rotatable bonds is 7. The van der Waals surface area contributed by atoms with Crippen LogP contribution in [0.15, 0.2) is 60.8 Å². The Morgan fingerprint density at radius 3 is 2.72 bits per heavy atom. The number of aromatic nitrogens is 4. The highest BCUT2D eigenvalue weighted by Crippen LogP contribution is 2.44. The van der Waals surface area contributed by atoms with Gasteiger partial charge in [0.1, 0.15) is 17.4 Å². The van der Waals surface area contributed by atoms with Crippen LogP contribution in [-0.2, 0) is 24.9 Å². The summed E-state index contributed by atoms with van der Waals surface area (Å²) in [5, 5.41) is 20.2. The molecule has 5 aromatic rings. The topological polar surface area (TPSA) is 93.4 Å². The average Bonchev–Trinajstić information content (AvgIpc) is 3.26. The summed E-state index contributed by atoms with van der Waals surface area (Å²) in [4.78, 5) is 19.8. The van der Waals surface area contributed by atoms with E-state index in [1.807, 2.05) is 58.3 Å². The Balaban J connectivity index is 1.42. The second-order valence-electron chi connectivity index (χ2n) is 12.4. The maximum Gasteiger partial charge on any atom is 0.310 e. The van der Waals surface area contributed by atoms with E-state index in [0.717, 1.165) is 76.0 Å². The minimum Gasteiger partial charge on any atom is -0.489 e. The number of carboxylic acid groups (broad SMARTS) is 1. The number of aryl methyl sites for hydroxylation is 3. The maximum atomic E-state index is 12.7. The van der Waals surface area contributed by atoms with E-state index in [1.54, 1.807) is 4.68 Å². The second kappa shape index (κ2) is 11.1. The van der Waals surface area contributed by atoms with Gasteiger partial charge in [0, 0.05) is 49.7 Å². The van der Waals surface area contributed by atoms with E-state index in [0.29, 0.717) is 0 Å². The molecule has 3 aromatic carbocycles. The lowest BCUT2D eigenvalue weighted by Gasteiger charge is -2.33. The summed E-state index contributed by atoms with van der Waals surface area (Å²) in [6, 6.07) is 18.7. The number of benzene rings is 3. The van der Waals surface area contributed by atoms with Gasteiger partial charge in [-0.3, -0.25) is 14.7 Å². The van der Waals surface area contributed by atoms with E-state index in [1.165, 1.54) is 11.1 Å². The van der Waals surface area contributed by atoms with Gasteiger partial charge < -0.3 is 9.84 Å². The first-order valence-corrected chi connectivity index (χ1v) is 15.0. The molecule has 0 bridgehead atoms. The third kappa shape index (κ3) is 5.14. The number of fused-ring (bicyclic) bond motifs is 4. The van der Waals surface area contributed by atoms with Gasteiger partial charge in [-0.2, -0.15) is 0 Å². The number of carboxylic acids is 1. The Hall–Kier alpha value is -4.30. The van der Waals surface area contributed by atoms with Crippen molar-refractivity contribution in [2.24, 2.45) is 12.5 Å². The van der Waals surface area contributed by atoms with E-state index in [9.17, 15) is 9.90 Å². The molecule has 0 saturated heterocycles. The quantitative estimate of drug-likeness (QED) is 0.234. The van der Waals surface area contributed by atoms with E-state index >= 15 is 0 Å². The van der Waals surface area contributed by atoms with E-state index in [2.05, 4.69) is 64.4 Å². The van der Waals surface area contributed by atoms with Crippen molar-refractivity contribution in [1.29, 1.82) is 0 Å². The highest BCUT2D eigenvalue weighted by Gasteiger charge is 2.40. The Morgan fingerprint density at radius 1 is 1.14 bits per heavy atom. The summed E-state index contributed by atoms with van der Waals surface area (Å²) in [5.74, 6) is -0.299.